The largest absolute Gasteiger partial charge is 1.00 e. The summed E-state index contributed by atoms with van der Waals surface area (Å²) < 4.78 is 12.1. The summed E-state index contributed by atoms with van der Waals surface area (Å²) in [6, 6.07) is 0. The maximum absolute atomic E-state index is 12.2. The number of hydrogen-bond acceptors (Lipinski definition) is 3. The van der Waals surface area contributed by atoms with Crippen molar-refractivity contribution in [2.75, 3.05) is 13.2 Å². The molecule has 1 saturated heterocycles. The Labute approximate surface area is 176 Å². The van der Waals surface area contributed by atoms with E-state index in [-0.39, 0.29) is 30.1 Å². The molecule has 3 saturated carbocycles. The van der Waals surface area contributed by atoms with Crippen LogP contribution in [0.15, 0.2) is 23.0 Å². The van der Waals surface area contributed by atoms with Gasteiger partial charge in [-0.2, -0.15) is 0 Å². The fourth-order valence-corrected chi connectivity index (χ4v) is 7.74. The molecule has 0 aromatic carbocycles. The van der Waals surface area contributed by atoms with Gasteiger partial charge in [-0.3, -0.25) is 0 Å². The van der Waals surface area contributed by atoms with Gasteiger partial charge in [0.15, 0.2) is 5.79 Å². The molecule has 3 nitrogen and oxygen atoms in total. The van der Waals surface area contributed by atoms with Gasteiger partial charge in [-0.1, -0.05) is 38.0 Å². The molecule has 0 amide bonds. The van der Waals surface area contributed by atoms with E-state index in [0.29, 0.717) is 17.1 Å². The van der Waals surface area contributed by atoms with Crippen molar-refractivity contribution in [2.45, 2.75) is 77.9 Å². The Morgan fingerprint density at radius 1 is 1.04 bits per heavy atom. The first-order chi connectivity index (χ1) is 12.4. The smallest absolute Gasteiger partial charge is 0.876 e. The van der Waals surface area contributed by atoms with Gasteiger partial charge in [0.25, 0.3) is 0 Å². The topological polar surface area (TPSA) is 41.5 Å². The molecule has 0 aromatic heterocycles. The summed E-state index contributed by atoms with van der Waals surface area (Å²) in [5.41, 5.74) is 3.33. The van der Waals surface area contributed by atoms with E-state index in [1.54, 1.807) is 12.5 Å². The van der Waals surface area contributed by atoms with Crippen LogP contribution in [0.4, 0.5) is 0 Å². The monoisotopic (exact) mass is 364 g/mol. The first kappa shape index (κ1) is 20.1. The second-order valence-corrected chi connectivity index (χ2v) is 10.1. The molecule has 4 heteroatoms. The summed E-state index contributed by atoms with van der Waals surface area (Å²) in [5.74, 6) is 2.25. The van der Waals surface area contributed by atoms with Crippen molar-refractivity contribution in [3.8, 4) is 0 Å². The summed E-state index contributed by atoms with van der Waals surface area (Å²) in [6.45, 7) is 8.21. The minimum Gasteiger partial charge on any atom is -0.876 e. The predicted molar refractivity (Wildman–Crippen MR) is 99.0 cm³/mol. The second kappa shape index (κ2) is 6.66. The molecular formula is C23H33LiO3. The van der Waals surface area contributed by atoms with Crippen molar-refractivity contribution in [3.05, 3.63) is 23.0 Å². The minimum absolute atomic E-state index is 0. The standard InChI is InChI=1S/C23H34O3.Li/c1-15(24)18-6-7-19-17-5-4-16-14-23(25-12-13-26-23)11-10-21(16,2)20(17)8-9-22(18,19)3;/h4,17,19-20,24H,5-14H2,1-3H3;/q;+1/p-1/b18-15+;/t17?,19?,20?,21-,22+;/m0./s1. The molecule has 1 heterocycles. The summed E-state index contributed by atoms with van der Waals surface area (Å²) >= 11 is 0. The Morgan fingerprint density at radius 3 is 2.44 bits per heavy atom. The van der Waals surface area contributed by atoms with E-state index in [4.69, 9.17) is 9.47 Å². The van der Waals surface area contributed by atoms with E-state index in [2.05, 4.69) is 19.9 Å². The van der Waals surface area contributed by atoms with Crippen LogP contribution in [0.25, 0.3) is 0 Å². The normalized spacial score (nSPS) is 46.8. The second-order valence-electron chi connectivity index (χ2n) is 10.1. The Hall–Kier alpha value is -0.203. The Kier molecular flexibility index (Phi) is 4.96. The van der Waals surface area contributed by atoms with E-state index >= 15 is 0 Å². The fraction of sp³-hybridized carbons (Fsp3) is 0.826. The first-order valence-electron chi connectivity index (χ1n) is 10.7. The molecule has 1 aliphatic heterocycles. The Bertz CT molecular complexity index is 673. The molecule has 5 aliphatic rings. The van der Waals surface area contributed by atoms with Crippen LogP contribution < -0.4 is 24.0 Å². The maximum Gasteiger partial charge on any atom is 1.00 e. The third-order valence-electron chi connectivity index (χ3n) is 9.13. The quantitative estimate of drug-likeness (QED) is 0.370. The zero-order valence-electron chi connectivity index (χ0n) is 17.6. The first-order valence-corrected chi connectivity index (χ1v) is 10.7. The Morgan fingerprint density at radius 2 is 1.74 bits per heavy atom. The number of hydrogen-bond donors (Lipinski definition) is 0. The molecule has 0 N–H and O–H groups in total. The van der Waals surface area contributed by atoms with Crippen molar-refractivity contribution in [3.63, 3.8) is 0 Å². The predicted octanol–water partition coefficient (Wildman–Crippen LogP) is 1.33. The van der Waals surface area contributed by atoms with E-state index in [9.17, 15) is 5.11 Å². The molecule has 0 aromatic rings. The van der Waals surface area contributed by atoms with Crippen molar-refractivity contribution in [1.29, 1.82) is 0 Å². The summed E-state index contributed by atoms with van der Waals surface area (Å²) in [5, 5.41) is 12.2. The van der Waals surface area contributed by atoms with E-state index in [1.165, 1.54) is 37.7 Å². The van der Waals surface area contributed by atoms with Gasteiger partial charge in [-0.15, -0.1) is 5.76 Å². The molecule has 144 valence electrons. The van der Waals surface area contributed by atoms with Gasteiger partial charge in [0.2, 0.25) is 0 Å². The number of rotatable bonds is 0. The van der Waals surface area contributed by atoms with Crippen molar-refractivity contribution in [1.82, 2.24) is 0 Å². The van der Waals surface area contributed by atoms with Gasteiger partial charge < -0.3 is 14.6 Å². The molecule has 0 radical (unpaired) electrons. The van der Waals surface area contributed by atoms with Crippen LogP contribution in [0.2, 0.25) is 0 Å². The molecule has 5 atom stereocenters. The number of fused-ring (bicyclic) bond motifs is 5. The molecular weight excluding hydrogens is 331 g/mol. The van der Waals surface area contributed by atoms with E-state index < -0.39 is 0 Å². The van der Waals surface area contributed by atoms with Crippen LogP contribution in [0.3, 0.4) is 0 Å². The van der Waals surface area contributed by atoms with Crippen LogP contribution in [0.1, 0.15) is 72.1 Å². The summed E-state index contributed by atoms with van der Waals surface area (Å²) in [7, 11) is 0. The molecule has 27 heavy (non-hydrogen) atoms. The van der Waals surface area contributed by atoms with Gasteiger partial charge in [0.1, 0.15) is 0 Å². The molecule has 5 rings (SSSR count). The van der Waals surface area contributed by atoms with Crippen LogP contribution in [-0.4, -0.2) is 19.0 Å². The van der Waals surface area contributed by atoms with E-state index in [1.807, 2.05) is 0 Å². The van der Waals surface area contributed by atoms with Crippen molar-refractivity contribution in [2.24, 2.45) is 28.6 Å². The molecule has 3 unspecified atom stereocenters. The van der Waals surface area contributed by atoms with Gasteiger partial charge in [-0.05, 0) is 67.1 Å². The molecule has 4 fully saturated rings. The molecule has 1 spiro atoms. The Balaban J connectivity index is 0.00000180. The molecule has 4 aliphatic carbocycles. The van der Waals surface area contributed by atoms with Crippen LogP contribution >= 0.6 is 0 Å². The molecule has 0 bridgehead atoms. The number of allylic oxidation sites excluding steroid dienone is 3. The van der Waals surface area contributed by atoms with Crippen molar-refractivity contribution >= 4 is 0 Å². The zero-order chi connectivity index (χ0) is 18.2. The summed E-state index contributed by atoms with van der Waals surface area (Å²) in [6.07, 6.45) is 11.7. The minimum atomic E-state index is -0.315. The third kappa shape index (κ3) is 2.76. The van der Waals surface area contributed by atoms with Crippen LogP contribution in [-0.2, 0) is 9.47 Å². The van der Waals surface area contributed by atoms with Gasteiger partial charge in [-0.25, -0.2) is 0 Å². The summed E-state index contributed by atoms with van der Waals surface area (Å²) in [4.78, 5) is 0. The van der Waals surface area contributed by atoms with Crippen LogP contribution in [0.5, 0.6) is 0 Å². The number of ether oxygens (including phenoxy) is 2. The van der Waals surface area contributed by atoms with Gasteiger partial charge in [0.05, 0.1) is 13.2 Å². The SMILES string of the molecule is C/C([O-])=C1/CCC2C3CC=C4CC5(CC[C@]4(C)C3CC[C@]12C)OCCO5.[Li+]. The average molecular weight is 364 g/mol. The average Bonchev–Trinajstić information content (AvgIpc) is 3.20. The zero-order valence-corrected chi connectivity index (χ0v) is 17.6. The fourth-order valence-electron chi connectivity index (χ4n) is 7.74. The van der Waals surface area contributed by atoms with Gasteiger partial charge >= 0.3 is 18.9 Å². The van der Waals surface area contributed by atoms with Gasteiger partial charge in [0, 0.05) is 12.8 Å². The maximum atomic E-state index is 12.2. The van der Waals surface area contributed by atoms with E-state index in [0.717, 1.165) is 44.3 Å². The third-order valence-corrected chi connectivity index (χ3v) is 9.13. The van der Waals surface area contributed by atoms with Crippen molar-refractivity contribution < 1.29 is 33.4 Å². The van der Waals surface area contributed by atoms with Crippen LogP contribution in [0, 0.1) is 28.6 Å².